The third kappa shape index (κ3) is 2.30. The van der Waals surface area contributed by atoms with Crippen LogP contribution in [0, 0.1) is 5.41 Å². The average Bonchev–Trinajstić information content (AvgIpc) is 3.05. The van der Waals surface area contributed by atoms with Crippen molar-refractivity contribution in [2.75, 3.05) is 13.7 Å². The molecule has 0 unspecified atom stereocenters. The molecule has 0 radical (unpaired) electrons. The lowest BCUT2D eigenvalue weighted by molar-refractivity contribution is -0.147. The van der Waals surface area contributed by atoms with Gasteiger partial charge in [0.25, 0.3) is 0 Å². The second-order valence-electron chi connectivity index (χ2n) is 5.47. The third-order valence-electron chi connectivity index (χ3n) is 4.37. The summed E-state index contributed by atoms with van der Waals surface area (Å²) in [5.41, 5.74) is 0.219. The first-order valence-electron chi connectivity index (χ1n) is 6.83. The second-order valence-corrected chi connectivity index (χ2v) is 5.91. The van der Waals surface area contributed by atoms with Crippen molar-refractivity contribution in [3.63, 3.8) is 0 Å². The third-order valence-corrected chi connectivity index (χ3v) is 4.62. The number of hydrogen-bond acceptors (Lipinski definition) is 5. The zero-order valence-corrected chi connectivity index (χ0v) is 12.4. The SMILES string of the molecule is COC(=O)[C@H]1C[C@]2(CCOC2=O)[C@@H](c2ccc(Cl)cc2)N1. The molecule has 0 aromatic heterocycles. The summed E-state index contributed by atoms with van der Waals surface area (Å²) in [6.07, 6.45) is 0.991. The molecule has 1 aromatic rings. The van der Waals surface area contributed by atoms with Gasteiger partial charge in [0.15, 0.2) is 0 Å². The van der Waals surface area contributed by atoms with Gasteiger partial charge < -0.3 is 9.47 Å². The predicted octanol–water partition coefficient (Wildman–Crippen LogP) is 1.85. The van der Waals surface area contributed by atoms with Gasteiger partial charge in [-0.2, -0.15) is 0 Å². The Hall–Kier alpha value is -1.59. The predicted molar refractivity (Wildman–Crippen MR) is 75.8 cm³/mol. The number of esters is 2. The van der Waals surface area contributed by atoms with Crippen LogP contribution in [0.1, 0.15) is 24.4 Å². The molecule has 2 aliphatic heterocycles. The van der Waals surface area contributed by atoms with E-state index in [1.165, 1.54) is 7.11 Å². The lowest BCUT2D eigenvalue weighted by Gasteiger charge is -2.26. The summed E-state index contributed by atoms with van der Waals surface area (Å²) in [6.45, 7) is 0.387. The Bertz CT molecular complexity index is 574. The summed E-state index contributed by atoms with van der Waals surface area (Å²) in [5, 5.41) is 3.85. The Morgan fingerprint density at radius 1 is 1.43 bits per heavy atom. The van der Waals surface area contributed by atoms with E-state index >= 15 is 0 Å². The van der Waals surface area contributed by atoms with Crippen LogP contribution < -0.4 is 5.32 Å². The van der Waals surface area contributed by atoms with E-state index in [9.17, 15) is 9.59 Å². The van der Waals surface area contributed by atoms with E-state index in [1.807, 2.05) is 12.1 Å². The highest BCUT2D eigenvalue weighted by atomic mass is 35.5. The summed E-state index contributed by atoms with van der Waals surface area (Å²) < 4.78 is 9.97. The highest BCUT2D eigenvalue weighted by Gasteiger charge is 2.58. The Kier molecular flexibility index (Phi) is 3.63. The molecular weight excluding hydrogens is 294 g/mol. The van der Waals surface area contributed by atoms with Gasteiger partial charge in [-0.15, -0.1) is 0 Å². The smallest absolute Gasteiger partial charge is 0.322 e. The largest absolute Gasteiger partial charge is 0.468 e. The van der Waals surface area contributed by atoms with E-state index in [0.717, 1.165) is 5.56 Å². The number of cyclic esters (lactones) is 1. The second kappa shape index (κ2) is 5.31. The van der Waals surface area contributed by atoms with E-state index in [0.29, 0.717) is 24.5 Å². The maximum absolute atomic E-state index is 12.3. The first-order valence-corrected chi connectivity index (χ1v) is 7.21. The summed E-state index contributed by atoms with van der Waals surface area (Å²) >= 11 is 5.91. The number of carbonyl (C=O) groups excluding carboxylic acids is 2. The fourth-order valence-corrected chi connectivity index (χ4v) is 3.41. The molecule has 3 atom stereocenters. The van der Waals surface area contributed by atoms with Gasteiger partial charge in [0.1, 0.15) is 6.04 Å². The molecule has 3 rings (SSSR count). The maximum Gasteiger partial charge on any atom is 0.322 e. The summed E-state index contributed by atoms with van der Waals surface area (Å²) in [7, 11) is 1.35. The minimum absolute atomic E-state index is 0.249. The Morgan fingerprint density at radius 2 is 2.14 bits per heavy atom. The van der Waals surface area contributed by atoms with E-state index in [-0.39, 0.29) is 18.0 Å². The van der Waals surface area contributed by atoms with Gasteiger partial charge in [-0.3, -0.25) is 14.9 Å². The van der Waals surface area contributed by atoms with E-state index in [4.69, 9.17) is 21.1 Å². The van der Waals surface area contributed by atoms with Gasteiger partial charge in [-0.25, -0.2) is 0 Å². The van der Waals surface area contributed by atoms with Crippen LogP contribution in [0.5, 0.6) is 0 Å². The molecule has 0 saturated carbocycles. The van der Waals surface area contributed by atoms with Crippen molar-refractivity contribution in [2.45, 2.75) is 24.9 Å². The molecule has 112 valence electrons. The molecular formula is C15H16ClNO4. The molecule has 2 heterocycles. The van der Waals surface area contributed by atoms with Crippen molar-refractivity contribution in [3.05, 3.63) is 34.9 Å². The van der Waals surface area contributed by atoms with Crippen molar-refractivity contribution < 1.29 is 19.1 Å². The van der Waals surface area contributed by atoms with E-state index < -0.39 is 11.5 Å². The van der Waals surface area contributed by atoms with Crippen molar-refractivity contribution >= 4 is 23.5 Å². The molecule has 1 aromatic carbocycles. The fourth-order valence-electron chi connectivity index (χ4n) is 3.29. The van der Waals surface area contributed by atoms with Crippen LogP contribution >= 0.6 is 11.6 Å². The van der Waals surface area contributed by atoms with Crippen LogP contribution in [0.25, 0.3) is 0 Å². The van der Waals surface area contributed by atoms with Gasteiger partial charge in [0.2, 0.25) is 0 Å². The number of halogens is 1. The average molecular weight is 310 g/mol. The summed E-state index contributed by atoms with van der Waals surface area (Å²) in [6, 6.07) is 6.52. The number of benzene rings is 1. The van der Waals surface area contributed by atoms with Crippen LogP contribution in [0.2, 0.25) is 5.02 Å². The van der Waals surface area contributed by atoms with Gasteiger partial charge in [0.05, 0.1) is 19.1 Å². The van der Waals surface area contributed by atoms with Crippen molar-refractivity contribution in [1.82, 2.24) is 5.32 Å². The first kappa shape index (κ1) is 14.4. The number of methoxy groups -OCH3 is 1. The first-order chi connectivity index (χ1) is 10.1. The molecule has 6 heteroatoms. The molecule has 0 aliphatic carbocycles. The fraction of sp³-hybridized carbons (Fsp3) is 0.467. The van der Waals surface area contributed by atoms with Crippen molar-refractivity contribution in [2.24, 2.45) is 5.41 Å². The minimum Gasteiger partial charge on any atom is -0.468 e. The monoisotopic (exact) mass is 309 g/mol. The maximum atomic E-state index is 12.3. The topological polar surface area (TPSA) is 64.6 Å². The summed E-state index contributed by atoms with van der Waals surface area (Å²) in [5.74, 6) is -0.605. The number of nitrogens with one attached hydrogen (secondary N) is 1. The molecule has 0 bridgehead atoms. The normalized spacial score (nSPS) is 31.4. The number of hydrogen-bond donors (Lipinski definition) is 1. The van der Waals surface area contributed by atoms with Crippen molar-refractivity contribution in [3.8, 4) is 0 Å². The van der Waals surface area contributed by atoms with Crippen LogP contribution in [0.4, 0.5) is 0 Å². The quantitative estimate of drug-likeness (QED) is 0.845. The lowest BCUT2D eigenvalue weighted by Crippen LogP contribution is -2.34. The molecule has 0 amide bonds. The van der Waals surface area contributed by atoms with Crippen LogP contribution in [0.3, 0.4) is 0 Å². The number of rotatable bonds is 2. The van der Waals surface area contributed by atoms with E-state index in [1.54, 1.807) is 12.1 Å². The molecule has 2 fully saturated rings. The van der Waals surface area contributed by atoms with Gasteiger partial charge >= 0.3 is 11.9 Å². The zero-order chi connectivity index (χ0) is 15.0. The van der Waals surface area contributed by atoms with Crippen LogP contribution in [-0.4, -0.2) is 31.7 Å². The molecule has 21 heavy (non-hydrogen) atoms. The van der Waals surface area contributed by atoms with Crippen molar-refractivity contribution in [1.29, 1.82) is 0 Å². The molecule has 2 aliphatic rings. The lowest BCUT2D eigenvalue weighted by atomic mass is 9.75. The molecule has 2 saturated heterocycles. The Labute approximate surface area is 127 Å². The Morgan fingerprint density at radius 3 is 2.71 bits per heavy atom. The summed E-state index contributed by atoms with van der Waals surface area (Å²) in [4.78, 5) is 24.1. The highest BCUT2D eigenvalue weighted by molar-refractivity contribution is 6.30. The van der Waals surface area contributed by atoms with Crippen LogP contribution in [-0.2, 0) is 19.1 Å². The Balaban J connectivity index is 1.97. The molecule has 1 N–H and O–H groups in total. The van der Waals surface area contributed by atoms with Gasteiger partial charge in [0, 0.05) is 11.1 Å². The zero-order valence-electron chi connectivity index (χ0n) is 11.6. The standard InChI is InChI=1S/C15H16ClNO4/c1-20-13(18)11-8-15(6-7-21-14(15)19)12(17-11)9-2-4-10(16)5-3-9/h2-5,11-12,17H,6-8H2,1H3/t11-,12-,15-/m1/s1. The van der Waals surface area contributed by atoms with Gasteiger partial charge in [-0.05, 0) is 30.5 Å². The number of ether oxygens (including phenoxy) is 2. The molecule has 1 spiro atoms. The molecule has 5 nitrogen and oxygen atoms in total. The van der Waals surface area contributed by atoms with E-state index in [2.05, 4.69) is 5.32 Å². The minimum atomic E-state index is -0.702. The highest BCUT2D eigenvalue weighted by Crippen LogP contribution is 2.50. The number of carbonyl (C=O) groups is 2. The van der Waals surface area contributed by atoms with Crippen LogP contribution in [0.15, 0.2) is 24.3 Å². The van der Waals surface area contributed by atoms with Gasteiger partial charge in [-0.1, -0.05) is 23.7 Å².